The zero-order chi connectivity index (χ0) is 11.9. The van der Waals surface area contributed by atoms with Crippen molar-refractivity contribution in [3.63, 3.8) is 0 Å². The van der Waals surface area contributed by atoms with Gasteiger partial charge in [0.15, 0.2) is 0 Å². The molecule has 1 aliphatic carbocycles. The zero-order valence-electron chi connectivity index (χ0n) is 10.6. The Morgan fingerprint density at radius 1 is 1.47 bits per heavy atom. The van der Waals surface area contributed by atoms with Crippen LogP contribution in [0, 0.1) is 0 Å². The van der Waals surface area contributed by atoms with Crippen LogP contribution in [0.4, 0.5) is 0 Å². The van der Waals surface area contributed by atoms with Gasteiger partial charge in [0, 0.05) is 23.7 Å². The van der Waals surface area contributed by atoms with E-state index in [2.05, 4.69) is 35.1 Å². The number of thioether (sulfide) groups is 1. The Kier molecular flexibility index (Phi) is 5.33. The summed E-state index contributed by atoms with van der Waals surface area (Å²) >= 11 is 2.12. The highest BCUT2D eigenvalue weighted by Gasteiger charge is 2.26. The first-order valence-electron chi connectivity index (χ1n) is 6.64. The molecule has 1 aromatic rings. The molecule has 0 amide bonds. The van der Waals surface area contributed by atoms with E-state index in [-0.39, 0.29) is 0 Å². The molecule has 2 atom stereocenters. The van der Waals surface area contributed by atoms with Crippen molar-refractivity contribution in [1.29, 1.82) is 0 Å². The van der Waals surface area contributed by atoms with Gasteiger partial charge in [-0.2, -0.15) is 11.8 Å². The Balaban J connectivity index is 1.71. The lowest BCUT2D eigenvalue weighted by molar-refractivity contribution is 0.535. The van der Waals surface area contributed by atoms with Crippen molar-refractivity contribution in [1.82, 2.24) is 10.3 Å². The summed E-state index contributed by atoms with van der Waals surface area (Å²) in [4.78, 5) is 4.15. The normalized spacial score (nSPS) is 24.1. The van der Waals surface area contributed by atoms with Gasteiger partial charge >= 0.3 is 0 Å². The van der Waals surface area contributed by atoms with Crippen molar-refractivity contribution in [2.75, 3.05) is 12.3 Å². The molecule has 1 fully saturated rings. The van der Waals surface area contributed by atoms with Crippen molar-refractivity contribution in [3.8, 4) is 0 Å². The second-order valence-corrected chi connectivity index (χ2v) is 6.11. The van der Waals surface area contributed by atoms with Gasteiger partial charge in [0.2, 0.25) is 0 Å². The van der Waals surface area contributed by atoms with Crippen LogP contribution in [0.5, 0.6) is 0 Å². The fourth-order valence-corrected chi connectivity index (χ4v) is 3.75. The third kappa shape index (κ3) is 4.00. The second kappa shape index (κ2) is 7.02. The van der Waals surface area contributed by atoms with E-state index in [1.54, 1.807) is 0 Å². The molecule has 1 N–H and O–H groups in total. The molecule has 2 rings (SSSR count). The summed E-state index contributed by atoms with van der Waals surface area (Å²) in [5.41, 5.74) is 1.33. The molecule has 0 radical (unpaired) electrons. The summed E-state index contributed by atoms with van der Waals surface area (Å²) in [5.74, 6) is 1.24. The quantitative estimate of drug-likeness (QED) is 0.840. The van der Waals surface area contributed by atoms with Crippen LogP contribution in [-0.2, 0) is 6.42 Å². The van der Waals surface area contributed by atoms with Gasteiger partial charge in [0.1, 0.15) is 0 Å². The van der Waals surface area contributed by atoms with E-state index in [0.29, 0.717) is 0 Å². The smallest absolute Gasteiger partial charge is 0.0300 e. The van der Waals surface area contributed by atoms with Gasteiger partial charge in [-0.1, -0.05) is 19.4 Å². The van der Waals surface area contributed by atoms with E-state index in [4.69, 9.17) is 0 Å². The van der Waals surface area contributed by atoms with Crippen molar-refractivity contribution in [3.05, 3.63) is 30.1 Å². The van der Waals surface area contributed by atoms with E-state index in [9.17, 15) is 0 Å². The van der Waals surface area contributed by atoms with Gasteiger partial charge in [-0.25, -0.2) is 0 Å². The van der Waals surface area contributed by atoms with Crippen LogP contribution in [0.3, 0.4) is 0 Å². The molecule has 2 unspecified atom stereocenters. The van der Waals surface area contributed by atoms with Crippen molar-refractivity contribution < 1.29 is 0 Å². The molecule has 0 spiro atoms. The zero-order valence-corrected chi connectivity index (χ0v) is 11.4. The molecule has 1 aromatic heterocycles. The largest absolute Gasteiger partial charge is 0.313 e. The first-order valence-corrected chi connectivity index (χ1v) is 7.69. The molecule has 0 aliphatic heterocycles. The van der Waals surface area contributed by atoms with Gasteiger partial charge in [0.25, 0.3) is 0 Å². The van der Waals surface area contributed by atoms with Gasteiger partial charge in [-0.3, -0.25) is 4.98 Å². The summed E-state index contributed by atoms with van der Waals surface area (Å²) in [7, 11) is 0. The Labute approximate surface area is 109 Å². The fourth-order valence-electron chi connectivity index (χ4n) is 2.52. The summed E-state index contributed by atoms with van der Waals surface area (Å²) in [6.07, 6.45) is 9.03. The number of nitrogens with one attached hydrogen (secondary N) is 1. The first-order chi connectivity index (χ1) is 8.40. The lowest BCUT2D eigenvalue weighted by Crippen LogP contribution is -2.35. The van der Waals surface area contributed by atoms with Gasteiger partial charge in [-0.15, -0.1) is 0 Å². The monoisotopic (exact) mass is 250 g/mol. The predicted octanol–water partition coefficient (Wildman–Crippen LogP) is 2.89. The van der Waals surface area contributed by atoms with Crippen LogP contribution in [0.1, 0.15) is 31.7 Å². The van der Waals surface area contributed by atoms with Crippen LogP contribution >= 0.6 is 11.8 Å². The minimum atomic E-state index is 0.733. The van der Waals surface area contributed by atoms with Crippen molar-refractivity contribution in [2.24, 2.45) is 0 Å². The lowest BCUT2D eigenvalue weighted by Gasteiger charge is -2.20. The van der Waals surface area contributed by atoms with Crippen LogP contribution < -0.4 is 5.32 Å². The number of rotatable bonds is 6. The molecule has 94 valence electrons. The standard InChI is InChI=1S/C14H22N2S/c1-2-17-14-7-3-6-13(14)16-10-8-12-5-4-9-15-11-12/h4-5,9,11,13-14,16H,2-3,6-8,10H2,1H3. The van der Waals surface area contributed by atoms with E-state index in [1.807, 2.05) is 18.5 Å². The Hall–Kier alpha value is -0.540. The third-order valence-electron chi connectivity index (χ3n) is 3.38. The fraction of sp³-hybridized carbons (Fsp3) is 0.643. The molecule has 17 heavy (non-hydrogen) atoms. The van der Waals surface area contributed by atoms with Crippen molar-refractivity contribution >= 4 is 11.8 Å². The summed E-state index contributed by atoms with van der Waals surface area (Å²) in [6, 6.07) is 4.90. The summed E-state index contributed by atoms with van der Waals surface area (Å²) in [6.45, 7) is 3.34. The Morgan fingerprint density at radius 2 is 2.41 bits per heavy atom. The molecule has 0 aromatic carbocycles. The topological polar surface area (TPSA) is 24.9 Å². The van der Waals surface area contributed by atoms with Gasteiger partial charge < -0.3 is 5.32 Å². The number of hydrogen-bond donors (Lipinski definition) is 1. The highest BCUT2D eigenvalue weighted by Crippen LogP contribution is 2.29. The second-order valence-electron chi connectivity index (χ2n) is 4.60. The molecule has 1 heterocycles. The highest BCUT2D eigenvalue weighted by atomic mass is 32.2. The molecule has 1 aliphatic rings. The van der Waals surface area contributed by atoms with E-state index in [0.717, 1.165) is 24.3 Å². The molecule has 1 saturated carbocycles. The predicted molar refractivity (Wildman–Crippen MR) is 75.5 cm³/mol. The van der Waals surface area contributed by atoms with Crippen LogP contribution in [0.15, 0.2) is 24.5 Å². The minimum absolute atomic E-state index is 0.733. The van der Waals surface area contributed by atoms with Crippen molar-refractivity contribution in [2.45, 2.75) is 43.9 Å². The summed E-state index contributed by atoms with van der Waals surface area (Å²) in [5, 5.41) is 4.56. The molecule has 0 bridgehead atoms. The average molecular weight is 250 g/mol. The third-order valence-corrected chi connectivity index (χ3v) is 4.70. The van der Waals surface area contributed by atoms with Gasteiger partial charge in [0.05, 0.1) is 0 Å². The van der Waals surface area contributed by atoms with Crippen LogP contribution in [0.2, 0.25) is 0 Å². The van der Waals surface area contributed by atoms with E-state index < -0.39 is 0 Å². The SMILES string of the molecule is CCSC1CCCC1NCCc1cccnc1. The van der Waals surface area contributed by atoms with Gasteiger partial charge in [-0.05, 0) is 43.2 Å². The van der Waals surface area contributed by atoms with Crippen LogP contribution in [-0.4, -0.2) is 28.6 Å². The number of aromatic nitrogens is 1. The number of nitrogens with zero attached hydrogens (tertiary/aromatic N) is 1. The maximum absolute atomic E-state index is 4.15. The first kappa shape index (κ1) is 12.9. The molecular weight excluding hydrogens is 228 g/mol. The van der Waals surface area contributed by atoms with Crippen LogP contribution in [0.25, 0.3) is 0 Å². The number of hydrogen-bond acceptors (Lipinski definition) is 3. The van der Waals surface area contributed by atoms with E-state index in [1.165, 1.54) is 30.6 Å². The Morgan fingerprint density at radius 3 is 3.18 bits per heavy atom. The highest BCUT2D eigenvalue weighted by molar-refractivity contribution is 7.99. The maximum atomic E-state index is 4.15. The molecule has 2 nitrogen and oxygen atoms in total. The molecular formula is C14H22N2S. The minimum Gasteiger partial charge on any atom is -0.313 e. The average Bonchev–Trinajstić information content (AvgIpc) is 2.79. The Bertz CT molecular complexity index is 315. The van der Waals surface area contributed by atoms with E-state index >= 15 is 0 Å². The maximum Gasteiger partial charge on any atom is 0.0300 e. The molecule has 3 heteroatoms. The number of pyridine rings is 1. The lowest BCUT2D eigenvalue weighted by atomic mass is 10.2. The molecule has 0 saturated heterocycles. The summed E-state index contributed by atoms with van der Waals surface area (Å²) < 4.78 is 0.